The smallest absolute Gasteiger partial charge is 0.317 e. The molecule has 1 aliphatic heterocycles. The summed E-state index contributed by atoms with van der Waals surface area (Å²) in [6.07, 6.45) is 2.71. The van der Waals surface area contributed by atoms with Gasteiger partial charge in [-0.25, -0.2) is 4.79 Å². The number of amides is 2. The van der Waals surface area contributed by atoms with E-state index >= 15 is 0 Å². The molecule has 2 amide bonds. The molecule has 0 radical (unpaired) electrons. The Bertz CT molecular complexity index is 287. The normalized spacial score (nSPS) is 17.2. The molecule has 1 aliphatic rings. The van der Waals surface area contributed by atoms with Gasteiger partial charge < -0.3 is 10.2 Å². The Morgan fingerprint density at radius 2 is 2.62 bits per heavy atom. The molecule has 0 spiro atoms. The predicted molar refractivity (Wildman–Crippen MR) is 48.3 cm³/mol. The number of hydrogen-bond donors (Lipinski definition) is 1. The van der Waals surface area contributed by atoms with Crippen LogP contribution in [-0.4, -0.2) is 33.6 Å². The molecule has 1 aromatic rings. The van der Waals surface area contributed by atoms with Gasteiger partial charge in [0.1, 0.15) is 0 Å². The van der Waals surface area contributed by atoms with Gasteiger partial charge in [-0.2, -0.15) is 0 Å². The summed E-state index contributed by atoms with van der Waals surface area (Å²) in [5.74, 6) is 0. The van der Waals surface area contributed by atoms with Crippen molar-refractivity contribution in [3.8, 4) is 0 Å². The van der Waals surface area contributed by atoms with E-state index in [0.29, 0.717) is 6.54 Å². The maximum atomic E-state index is 11.3. The second kappa shape index (κ2) is 3.69. The molecule has 0 saturated carbocycles. The van der Waals surface area contributed by atoms with Gasteiger partial charge in [-0.05, 0) is 18.0 Å². The Kier molecular flexibility index (Phi) is 2.40. The van der Waals surface area contributed by atoms with Gasteiger partial charge in [0, 0.05) is 13.1 Å². The average Bonchev–Trinajstić information content (AvgIpc) is 2.61. The molecule has 1 fully saturated rings. The van der Waals surface area contributed by atoms with Crippen LogP contribution in [0.2, 0.25) is 0 Å². The fourth-order valence-corrected chi connectivity index (χ4v) is 1.78. The van der Waals surface area contributed by atoms with Gasteiger partial charge in [0.05, 0.1) is 17.6 Å². The quantitative estimate of drug-likeness (QED) is 0.750. The monoisotopic (exact) mass is 198 g/mol. The van der Waals surface area contributed by atoms with E-state index in [1.54, 1.807) is 11.1 Å². The Hall–Kier alpha value is -1.17. The van der Waals surface area contributed by atoms with Gasteiger partial charge in [0.15, 0.2) is 0 Å². The number of carbonyl (C=O) groups excluding carboxylic acids is 1. The first-order valence-electron chi connectivity index (χ1n) is 4.15. The minimum atomic E-state index is 0.0136. The van der Waals surface area contributed by atoms with Crippen molar-refractivity contribution in [2.75, 3.05) is 13.1 Å². The molecule has 1 aromatic heterocycles. The molecule has 6 heteroatoms. The summed E-state index contributed by atoms with van der Waals surface area (Å²) in [5.41, 5.74) is 0. The first-order valence-corrected chi connectivity index (χ1v) is 4.92. The summed E-state index contributed by atoms with van der Waals surface area (Å²) in [6.45, 7) is 2.24. The standard InChI is InChI=1S/C7H10N4OS/c12-7-8-2-1-3-11(7)5-6-4-9-10-13-6/h4H,1-3,5H2,(H,8,12). The summed E-state index contributed by atoms with van der Waals surface area (Å²) in [5, 5.41) is 6.52. The third-order valence-corrected chi connectivity index (χ3v) is 2.57. The highest BCUT2D eigenvalue weighted by atomic mass is 32.1. The van der Waals surface area contributed by atoms with Crippen LogP contribution in [0.1, 0.15) is 11.3 Å². The highest BCUT2D eigenvalue weighted by Gasteiger charge is 2.17. The van der Waals surface area contributed by atoms with Gasteiger partial charge in [0.25, 0.3) is 0 Å². The molecule has 13 heavy (non-hydrogen) atoms. The Labute approximate surface area is 79.9 Å². The molecule has 0 aliphatic carbocycles. The van der Waals surface area contributed by atoms with Crippen molar-refractivity contribution in [2.45, 2.75) is 13.0 Å². The van der Waals surface area contributed by atoms with Gasteiger partial charge in [-0.3, -0.25) is 0 Å². The van der Waals surface area contributed by atoms with Crippen LogP contribution in [0.5, 0.6) is 0 Å². The maximum Gasteiger partial charge on any atom is 0.317 e. The molecule has 70 valence electrons. The van der Waals surface area contributed by atoms with Crippen molar-refractivity contribution in [3.05, 3.63) is 11.1 Å². The van der Waals surface area contributed by atoms with Crippen LogP contribution in [0, 0.1) is 0 Å². The van der Waals surface area contributed by atoms with Gasteiger partial charge in [-0.1, -0.05) is 4.49 Å². The van der Waals surface area contributed by atoms with E-state index in [-0.39, 0.29) is 6.03 Å². The van der Waals surface area contributed by atoms with E-state index in [1.165, 1.54) is 11.5 Å². The van der Waals surface area contributed by atoms with Crippen molar-refractivity contribution in [1.29, 1.82) is 0 Å². The third-order valence-electron chi connectivity index (χ3n) is 1.92. The van der Waals surface area contributed by atoms with E-state index in [9.17, 15) is 4.79 Å². The molecule has 0 aromatic carbocycles. The highest BCUT2D eigenvalue weighted by Crippen LogP contribution is 2.09. The molecule has 1 N–H and O–H groups in total. The lowest BCUT2D eigenvalue weighted by Crippen LogP contribution is -2.45. The second-order valence-electron chi connectivity index (χ2n) is 2.89. The second-order valence-corrected chi connectivity index (χ2v) is 3.76. The zero-order chi connectivity index (χ0) is 9.10. The Balaban J connectivity index is 1.97. The fourth-order valence-electron chi connectivity index (χ4n) is 1.27. The van der Waals surface area contributed by atoms with Crippen LogP contribution in [0.25, 0.3) is 0 Å². The molecular formula is C7H10N4OS. The lowest BCUT2D eigenvalue weighted by molar-refractivity contribution is 0.184. The number of nitrogens with zero attached hydrogens (tertiary/aromatic N) is 3. The van der Waals surface area contributed by atoms with Crippen LogP contribution >= 0.6 is 11.5 Å². The molecule has 2 rings (SSSR count). The molecule has 0 bridgehead atoms. The van der Waals surface area contributed by atoms with E-state index in [2.05, 4.69) is 14.9 Å². The van der Waals surface area contributed by atoms with E-state index in [0.717, 1.165) is 24.4 Å². The molecular weight excluding hydrogens is 188 g/mol. The summed E-state index contributed by atoms with van der Waals surface area (Å²) >= 11 is 1.34. The third kappa shape index (κ3) is 1.95. The summed E-state index contributed by atoms with van der Waals surface area (Å²) in [4.78, 5) is 14.1. The summed E-state index contributed by atoms with van der Waals surface area (Å²) in [6, 6.07) is 0.0136. The number of urea groups is 1. The largest absolute Gasteiger partial charge is 0.338 e. The first kappa shape index (κ1) is 8.43. The van der Waals surface area contributed by atoms with Crippen molar-refractivity contribution < 1.29 is 4.79 Å². The number of rotatable bonds is 2. The minimum absolute atomic E-state index is 0.0136. The van der Waals surface area contributed by atoms with Crippen molar-refractivity contribution >= 4 is 17.6 Å². The number of hydrogen-bond acceptors (Lipinski definition) is 4. The summed E-state index contributed by atoms with van der Waals surface area (Å²) < 4.78 is 3.75. The molecule has 0 atom stereocenters. The molecule has 2 heterocycles. The zero-order valence-electron chi connectivity index (χ0n) is 7.06. The lowest BCUT2D eigenvalue weighted by Gasteiger charge is -2.26. The van der Waals surface area contributed by atoms with E-state index < -0.39 is 0 Å². The average molecular weight is 198 g/mol. The highest BCUT2D eigenvalue weighted by molar-refractivity contribution is 7.05. The summed E-state index contributed by atoms with van der Waals surface area (Å²) in [7, 11) is 0. The number of aromatic nitrogens is 2. The van der Waals surface area contributed by atoms with Crippen molar-refractivity contribution in [1.82, 2.24) is 19.8 Å². The Morgan fingerprint density at radius 1 is 1.69 bits per heavy atom. The molecule has 0 unspecified atom stereocenters. The topological polar surface area (TPSA) is 58.1 Å². The van der Waals surface area contributed by atoms with Crippen LogP contribution in [0.4, 0.5) is 4.79 Å². The lowest BCUT2D eigenvalue weighted by atomic mass is 10.3. The van der Waals surface area contributed by atoms with Crippen LogP contribution in [-0.2, 0) is 6.54 Å². The van der Waals surface area contributed by atoms with Crippen LogP contribution in [0.15, 0.2) is 6.20 Å². The first-order chi connectivity index (χ1) is 6.36. The van der Waals surface area contributed by atoms with E-state index in [1.807, 2.05) is 0 Å². The SMILES string of the molecule is O=C1NCCCN1Cc1cnns1. The maximum absolute atomic E-state index is 11.3. The van der Waals surface area contributed by atoms with Crippen LogP contribution < -0.4 is 5.32 Å². The molecule has 5 nitrogen and oxygen atoms in total. The minimum Gasteiger partial charge on any atom is -0.338 e. The zero-order valence-corrected chi connectivity index (χ0v) is 7.88. The number of nitrogens with one attached hydrogen (secondary N) is 1. The molecule has 1 saturated heterocycles. The van der Waals surface area contributed by atoms with Crippen LogP contribution in [0.3, 0.4) is 0 Å². The fraction of sp³-hybridized carbons (Fsp3) is 0.571. The number of carbonyl (C=O) groups is 1. The predicted octanol–water partition coefficient (Wildman–Crippen LogP) is 0.453. The van der Waals surface area contributed by atoms with E-state index in [4.69, 9.17) is 0 Å². The van der Waals surface area contributed by atoms with Gasteiger partial charge in [0.2, 0.25) is 0 Å². The van der Waals surface area contributed by atoms with Crippen molar-refractivity contribution in [3.63, 3.8) is 0 Å². The van der Waals surface area contributed by atoms with Gasteiger partial charge in [-0.15, -0.1) is 5.10 Å². The van der Waals surface area contributed by atoms with Gasteiger partial charge >= 0.3 is 6.03 Å². The van der Waals surface area contributed by atoms with Crippen molar-refractivity contribution in [2.24, 2.45) is 0 Å². The Morgan fingerprint density at radius 3 is 3.31 bits per heavy atom.